The van der Waals surface area contributed by atoms with E-state index in [9.17, 15) is 4.79 Å². The Bertz CT molecular complexity index is 577. The Labute approximate surface area is 164 Å². The molecule has 5 nitrogen and oxygen atoms in total. The molecule has 150 valence electrons. The quantitative estimate of drug-likeness (QED) is 0.700. The van der Waals surface area contributed by atoms with Crippen molar-refractivity contribution in [3.63, 3.8) is 0 Å². The Morgan fingerprint density at radius 3 is 3.07 bits per heavy atom. The third-order valence-corrected chi connectivity index (χ3v) is 5.97. The predicted molar refractivity (Wildman–Crippen MR) is 109 cm³/mol. The van der Waals surface area contributed by atoms with Crippen LogP contribution < -0.4 is 10.6 Å². The number of fused-ring (bicyclic) bond motifs is 2. The summed E-state index contributed by atoms with van der Waals surface area (Å²) in [4.78, 5) is 18.8. The number of pyridine rings is 1. The number of nitrogens with one attached hydrogen (secondary N) is 2. The molecule has 0 saturated carbocycles. The molecule has 2 saturated heterocycles. The van der Waals surface area contributed by atoms with Gasteiger partial charge < -0.3 is 10.6 Å². The van der Waals surface area contributed by atoms with E-state index in [0.29, 0.717) is 24.3 Å². The van der Waals surface area contributed by atoms with Crippen LogP contribution in [0.15, 0.2) is 24.5 Å². The zero-order valence-corrected chi connectivity index (χ0v) is 17.0. The first kappa shape index (κ1) is 20.3. The lowest BCUT2D eigenvalue weighted by Crippen LogP contribution is -2.55. The summed E-state index contributed by atoms with van der Waals surface area (Å²) < 4.78 is 0. The van der Waals surface area contributed by atoms with Gasteiger partial charge in [-0.15, -0.1) is 0 Å². The summed E-state index contributed by atoms with van der Waals surface area (Å²) >= 11 is 0. The summed E-state index contributed by atoms with van der Waals surface area (Å²) in [5, 5.41) is 6.82. The largest absolute Gasteiger partial charge is 0.356 e. The molecule has 0 aromatic carbocycles. The Balaban J connectivity index is 1.40. The molecule has 0 unspecified atom stereocenters. The van der Waals surface area contributed by atoms with Crippen LogP contribution in [0, 0.1) is 17.8 Å². The number of aromatic nitrogens is 1. The summed E-state index contributed by atoms with van der Waals surface area (Å²) in [6.45, 7) is 9.65. The molecule has 3 heterocycles. The Morgan fingerprint density at radius 1 is 1.41 bits per heavy atom. The minimum Gasteiger partial charge on any atom is -0.356 e. The highest BCUT2D eigenvalue weighted by Gasteiger charge is 2.36. The molecule has 2 bridgehead atoms. The number of piperidine rings is 2. The average Bonchev–Trinajstić information content (AvgIpc) is 2.64. The van der Waals surface area contributed by atoms with Gasteiger partial charge in [0, 0.05) is 51.0 Å². The smallest absolute Gasteiger partial charge is 0.219 e. The van der Waals surface area contributed by atoms with Gasteiger partial charge in [-0.2, -0.15) is 0 Å². The summed E-state index contributed by atoms with van der Waals surface area (Å²) in [6.07, 6.45) is 8.97. The van der Waals surface area contributed by atoms with Crippen molar-refractivity contribution in [1.29, 1.82) is 0 Å². The van der Waals surface area contributed by atoms with Crippen molar-refractivity contribution in [1.82, 2.24) is 20.5 Å². The summed E-state index contributed by atoms with van der Waals surface area (Å²) in [6, 6.07) is 4.75. The third kappa shape index (κ3) is 6.58. The maximum atomic E-state index is 12.0. The average molecular weight is 373 g/mol. The van der Waals surface area contributed by atoms with Crippen LogP contribution in [0.1, 0.15) is 51.5 Å². The van der Waals surface area contributed by atoms with E-state index in [1.807, 2.05) is 18.5 Å². The Morgan fingerprint density at radius 2 is 2.30 bits per heavy atom. The molecule has 3 rings (SSSR count). The van der Waals surface area contributed by atoms with Crippen LogP contribution in [-0.2, 0) is 11.3 Å². The van der Waals surface area contributed by atoms with Gasteiger partial charge >= 0.3 is 0 Å². The number of likely N-dealkylation sites (tertiary alicyclic amines) is 1. The Kier molecular flexibility index (Phi) is 7.65. The number of hydrogen-bond donors (Lipinski definition) is 2. The van der Waals surface area contributed by atoms with E-state index in [-0.39, 0.29) is 5.91 Å². The van der Waals surface area contributed by atoms with E-state index in [1.54, 1.807) is 0 Å². The van der Waals surface area contributed by atoms with E-state index >= 15 is 0 Å². The second-order valence-corrected chi connectivity index (χ2v) is 8.86. The van der Waals surface area contributed by atoms with Crippen molar-refractivity contribution in [2.24, 2.45) is 17.8 Å². The third-order valence-electron chi connectivity index (χ3n) is 5.97. The van der Waals surface area contributed by atoms with Crippen molar-refractivity contribution in [2.45, 2.75) is 58.5 Å². The number of carbonyl (C=O) groups is 1. The first-order valence-electron chi connectivity index (χ1n) is 10.7. The summed E-state index contributed by atoms with van der Waals surface area (Å²) in [7, 11) is 0. The molecule has 3 atom stereocenters. The van der Waals surface area contributed by atoms with Crippen LogP contribution in [-0.4, -0.2) is 48.0 Å². The zero-order chi connectivity index (χ0) is 19.1. The van der Waals surface area contributed by atoms with Crippen LogP contribution in [0.5, 0.6) is 0 Å². The molecule has 1 amide bonds. The van der Waals surface area contributed by atoms with Crippen LogP contribution in [0.2, 0.25) is 0 Å². The van der Waals surface area contributed by atoms with Gasteiger partial charge in [-0.3, -0.25) is 14.7 Å². The van der Waals surface area contributed by atoms with E-state index < -0.39 is 0 Å². The molecule has 0 radical (unpaired) electrons. The molecule has 0 spiro atoms. The maximum Gasteiger partial charge on any atom is 0.219 e. The summed E-state index contributed by atoms with van der Waals surface area (Å²) in [5.74, 6) is 2.32. The van der Waals surface area contributed by atoms with Gasteiger partial charge in [-0.25, -0.2) is 0 Å². The predicted octanol–water partition coefficient (Wildman–Crippen LogP) is 2.82. The van der Waals surface area contributed by atoms with E-state index in [1.165, 1.54) is 18.5 Å². The monoisotopic (exact) mass is 372 g/mol. The van der Waals surface area contributed by atoms with Crippen molar-refractivity contribution in [2.75, 3.05) is 26.2 Å². The topological polar surface area (TPSA) is 57.3 Å². The molecule has 0 aliphatic carbocycles. The first-order chi connectivity index (χ1) is 13.1. The molecule has 1 aromatic heterocycles. The lowest BCUT2D eigenvalue weighted by Gasteiger charge is -2.46. The molecule has 27 heavy (non-hydrogen) atoms. The molecule has 2 fully saturated rings. The van der Waals surface area contributed by atoms with E-state index in [4.69, 9.17) is 0 Å². The van der Waals surface area contributed by atoms with Gasteiger partial charge in [-0.1, -0.05) is 19.9 Å². The molecular formula is C22H36N4O. The standard InChI is InChI=1S/C22H36N4O/c1-17(2)8-10-24-22(27)7-3-6-21-20-11-19(13-25-21)15-26(16-20)14-18-5-4-9-23-12-18/h4-5,9,12,17,19-21,25H,3,6-8,10-11,13-16H2,1-2H3,(H,24,27)/t19-,20+,21+/m0/s1. The van der Waals surface area contributed by atoms with Crippen molar-refractivity contribution < 1.29 is 4.79 Å². The number of amides is 1. The van der Waals surface area contributed by atoms with Gasteiger partial charge in [0.25, 0.3) is 0 Å². The van der Waals surface area contributed by atoms with Gasteiger partial charge in [0.2, 0.25) is 5.91 Å². The van der Waals surface area contributed by atoms with Gasteiger partial charge in [0.1, 0.15) is 0 Å². The summed E-state index contributed by atoms with van der Waals surface area (Å²) in [5.41, 5.74) is 1.31. The van der Waals surface area contributed by atoms with Crippen molar-refractivity contribution >= 4 is 5.91 Å². The second kappa shape index (κ2) is 10.2. The highest BCUT2D eigenvalue weighted by Crippen LogP contribution is 2.31. The molecule has 2 aliphatic heterocycles. The van der Waals surface area contributed by atoms with Crippen LogP contribution in [0.3, 0.4) is 0 Å². The lowest BCUT2D eigenvalue weighted by atomic mass is 9.79. The zero-order valence-electron chi connectivity index (χ0n) is 17.0. The number of carbonyl (C=O) groups excluding carboxylic acids is 1. The van der Waals surface area contributed by atoms with Crippen LogP contribution in [0.4, 0.5) is 0 Å². The highest BCUT2D eigenvalue weighted by atomic mass is 16.1. The molecule has 5 heteroatoms. The highest BCUT2D eigenvalue weighted by molar-refractivity contribution is 5.75. The lowest BCUT2D eigenvalue weighted by molar-refractivity contribution is -0.121. The number of hydrogen-bond acceptors (Lipinski definition) is 4. The fourth-order valence-corrected chi connectivity index (χ4v) is 4.56. The molecular weight excluding hydrogens is 336 g/mol. The van der Waals surface area contributed by atoms with Gasteiger partial charge in [0.05, 0.1) is 0 Å². The van der Waals surface area contributed by atoms with Gasteiger partial charge in [0.15, 0.2) is 0 Å². The van der Waals surface area contributed by atoms with E-state index in [0.717, 1.165) is 51.4 Å². The normalized spacial score (nSPS) is 25.5. The van der Waals surface area contributed by atoms with E-state index in [2.05, 4.69) is 40.4 Å². The fraction of sp³-hybridized carbons (Fsp3) is 0.727. The minimum atomic E-state index is 0.214. The molecule has 1 aromatic rings. The minimum absolute atomic E-state index is 0.214. The molecule has 2 aliphatic rings. The number of rotatable bonds is 9. The van der Waals surface area contributed by atoms with Crippen LogP contribution in [0.25, 0.3) is 0 Å². The number of nitrogens with zero attached hydrogens (tertiary/aromatic N) is 2. The fourth-order valence-electron chi connectivity index (χ4n) is 4.56. The van der Waals surface area contributed by atoms with Gasteiger partial charge in [-0.05, 0) is 61.6 Å². The Hall–Kier alpha value is -1.46. The molecule has 2 N–H and O–H groups in total. The first-order valence-corrected chi connectivity index (χ1v) is 10.7. The maximum absolute atomic E-state index is 12.0. The SMILES string of the molecule is CC(C)CCNC(=O)CCC[C@H]1NC[C@@H]2C[C@@H]1CN(Cc1cccnc1)C2. The van der Waals surface area contributed by atoms with Crippen molar-refractivity contribution in [3.05, 3.63) is 30.1 Å². The van der Waals surface area contributed by atoms with Crippen molar-refractivity contribution in [3.8, 4) is 0 Å². The van der Waals surface area contributed by atoms with Crippen LogP contribution >= 0.6 is 0 Å². The second-order valence-electron chi connectivity index (χ2n) is 8.86.